The predicted molar refractivity (Wildman–Crippen MR) is 163 cm³/mol. The number of amides is 3. The van der Waals surface area contributed by atoms with Crippen molar-refractivity contribution in [3.05, 3.63) is 60.2 Å². The second-order valence-electron chi connectivity index (χ2n) is 12.7. The molecule has 5 rings (SSSR count). The molecule has 1 aromatic rings. The number of hydrogen-bond donors (Lipinski definition) is 2. The van der Waals surface area contributed by atoms with Crippen LogP contribution in [0, 0.1) is 17.8 Å². The van der Waals surface area contributed by atoms with Gasteiger partial charge in [0, 0.05) is 19.0 Å². The van der Waals surface area contributed by atoms with Gasteiger partial charge < -0.3 is 29.7 Å². The van der Waals surface area contributed by atoms with Gasteiger partial charge in [0.05, 0.1) is 31.2 Å². The zero-order valence-corrected chi connectivity index (χ0v) is 26.1. The van der Waals surface area contributed by atoms with Gasteiger partial charge in [-0.2, -0.15) is 0 Å². The van der Waals surface area contributed by atoms with Crippen LogP contribution in [0.15, 0.2) is 54.6 Å². The second kappa shape index (κ2) is 13.2. The van der Waals surface area contributed by atoms with E-state index in [1.807, 2.05) is 57.2 Å². The van der Waals surface area contributed by atoms with Crippen LogP contribution < -0.4 is 5.32 Å². The van der Waals surface area contributed by atoms with Gasteiger partial charge >= 0.3 is 5.97 Å². The van der Waals surface area contributed by atoms with E-state index in [0.29, 0.717) is 18.5 Å². The van der Waals surface area contributed by atoms with E-state index in [-0.39, 0.29) is 43.3 Å². The number of cyclic esters (lactones) is 1. The summed E-state index contributed by atoms with van der Waals surface area (Å²) in [5, 5.41) is 13.4. The van der Waals surface area contributed by atoms with E-state index >= 15 is 0 Å². The highest BCUT2D eigenvalue weighted by molar-refractivity contribution is 5.99. The van der Waals surface area contributed by atoms with Gasteiger partial charge in [0.2, 0.25) is 17.7 Å². The lowest BCUT2D eigenvalue weighted by Crippen LogP contribution is -2.60. The molecule has 4 aliphatic heterocycles. The van der Waals surface area contributed by atoms with Crippen LogP contribution >= 0.6 is 0 Å². The highest BCUT2D eigenvalue weighted by atomic mass is 16.6. The molecule has 4 heterocycles. The average molecular weight is 608 g/mol. The molecule has 10 heteroatoms. The molecule has 8 atom stereocenters. The molecule has 2 fully saturated rings. The Labute approximate surface area is 259 Å². The fraction of sp³-hybridized carbons (Fsp3) is 0.588. The summed E-state index contributed by atoms with van der Waals surface area (Å²) in [6.07, 6.45) is 7.89. The highest BCUT2D eigenvalue weighted by Crippen LogP contribution is 2.54. The van der Waals surface area contributed by atoms with Crippen molar-refractivity contribution in [2.75, 3.05) is 19.7 Å². The van der Waals surface area contributed by atoms with Crippen LogP contribution in [0.2, 0.25) is 0 Å². The second-order valence-corrected chi connectivity index (χ2v) is 12.7. The van der Waals surface area contributed by atoms with Crippen molar-refractivity contribution < 1.29 is 33.8 Å². The Morgan fingerprint density at radius 2 is 1.82 bits per heavy atom. The lowest BCUT2D eigenvalue weighted by atomic mass is 9.77. The number of esters is 1. The first-order chi connectivity index (χ1) is 21.1. The molecule has 0 bridgehead atoms. The Balaban J connectivity index is 1.62. The van der Waals surface area contributed by atoms with Crippen molar-refractivity contribution in [3.63, 3.8) is 0 Å². The van der Waals surface area contributed by atoms with Crippen LogP contribution in [-0.4, -0.2) is 88.1 Å². The molecule has 2 saturated heterocycles. The van der Waals surface area contributed by atoms with Crippen molar-refractivity contribution >= 4 is 23.7 Å². The molecule has 3 amide bonds. The van der Waals surface area contributed by atoms with Gasteiger partial charge in [-0.15, -0.1) is 0 Å². The zero-order valence-electron chi connectivity index (χ0n) is 26.1. The molecule has 2 N–H and O–H groups in total. The summed E-state index contributed by atoms with van der Waals surface area (Å²) < 4.78 is 12.9. The maximum atomic E-state index is 14.6. The van der Waals surface area contributed by atoms with Gasteiger partial charge in [-0.05, 0) is 31.2 Å². The van der Waals surface area contributed by atoms with Crippen LogP contribution in [0.4, 0.5) is 0 Å². The number of rotatable bonds is 7. The Bertz CT molecular complexity index is 1300. The SMILES string of the molecule is CCCC(C)N1CC=C[C@]23O[C@@H]4/C=C\CCC(=O)NC[C@@H](c5ccccc5)OC(=O)[C@@H]4[C@H]2C(=O)N([C@@H](CO)C(C)C)[C@@H]3C1=O. The number of likely N-dealkylation sites (tertiary alicyclic amines) is 1. The fourth-order valence-electron chi connectivity index (χ4n) is 7.31. The number of carbonyl (C=O) groups excluding carboxylic acids is 4. The van der Waals surface area contributed by atoms with E-state index < -0.39 is 53.6 Å². The molecule has 1 unspecified atom stereocenters. The van der Waals surface area contributed by atoms with Crippen LogP contribution in [0.25, 0.3) is 0 Å². The Morgan fingerprint density at radius 3 is 2.50 bits per heavy atom. The number of ether oxygens (including phenoxy) is 2. The van der Waals surface area contributed by atoms with Gasteiger partial charge in [0.1, 0.15) is 23.7 Å². The van der Waals surface area contributed by atoms with E-state index in [0.717, 1.165) is 12.8 Å². The number of aliphatic hydroxyl groups excluding tert-OH is 1. The van der Waals surface area contributed by atoms with Crippen LogP contribution in [-0.2, 0) is 28.7 Å². The maximum Gasteiger partial charge on any atom is 0.313 e. The summed E-state index contributed by atoms with van der Waals surface area (Å²) in [5.74, 6) is -3.70. The monoisotopic (exact) mass is 607 g/mol. The van der Waals surface area contributed by atoms with Crippen molar-refractivity contribution in [3.8, 4) is 0 Å². The third kappa shape index (κ3) is 5.70. The lowest BCUT2D eigenvalue weighted by molar-refractivity contribution is -0.161. The van der Waals surface area contributed by atoms with Crippen LogP contribution in [0.3, 0.4) is 0 Å². The number of hydrogen-bond acceptors (Lipinski definition) is 7. The van der Waals surface area contributed by atoms with Crippen molar-refractivity contribution in [2.24, 2.45) is 17.8 Å². The van der Waals surface area contributed by atoms with E-state index in [1.54, 1.807) is 23.1 Å². The molecule has 1 spiro atoms. The Morgan fingerprint density at radius 1 is 1.07 bits per heavy atom. The highest BCUT2D eigenvalue weighted by Gasteiger charge is 2.72. The summed E-state index contributed by atoms with van der Waals surface area (Å²) in [5.41, 5.74) is -0.728. The van der Waals surface area contributed by atoms with E-state index in [1.165, 1.54) is 4.90 Å². The molecule has 0 radical (unpaired) electrons. The van der Waals surface area contributed by atoms with E-state index in [4.69, 9.17) is 9.47 Å². The molecule has 10 nitrogen and oxygen atoms in total. The van der Waals surface area contributed by atoms with Crippen molar-refractivity contribution in [1.82, 2.24) is 15.1 Å². The predicted octanol–water partition coefficient (Wildman–Crippen LogP) is 2.92. The van der Waals surface area contributed by atoms with E-state index in [9.17, 15) is 24.3 Å². The lowest BCUT2D eigenvalue weighted by Gasteiger charge is -2.41. The standard InChI is InChI=1S/C34H45N3O7/c1-5-12-22(4)36-18-11-17-34-29(31(40)37(30(34)32(36)41)24(20-38)21(2)3)28-25(44-34)15-9-10-16-27(39)35-19-26(43-33(28)42)23-13-7-6-8-14-23/h6-9,11,13-15,17,21-22,24-26,28-30,38H,5,10,12,16,18-20H2,1-4H3,(H,35,39)/b15-9-/t22?,24-,25+,26-,28-,29-,30+,34-/m0/s1. The minimum absolute atomic E-state index is 0.0777. The van der Waals surface area contributed by atoms with Gasteiger partial charge in [-0.1, -0.05) is 81.8 Å². The Hall–Kier alpha value is -3.50. The summed E-state index contributed by atoms with van der Waals surface area (Å²) in [4.78, 5) is 59.2. The first-order valence-corrected chi connectivity index (χ1v) is 15.9. The minimum Gasteiger partial charge on any atom is -0.455 e. The summed E-state index contributed by atoms with van der Waals surface area (Å²) in [6, 6.07) is 7.38. The van der Waals surface area contributed by atoms with Crippen molar-refractivity contribution in [1.29, 1.82) is 0 Å². The molecule has 4 aliphatic rings. The molecule has 0 saturated carbocycles. The molecule has 44 heavy (non-hydrogen) atoms. The molecule has 1 aromatic carbocycles. The molecule has 0 aliphatic carbocycles. The summed E-state index contributed by atoms with van der Waals surface area (Å²) >= 11 is 0. The quantitative estimate of drug-likeness (QED) is 0.361. The maximum absolute atomic E-state index is 14.6. The summed E-state index contributed by atoms with van der Waals surface area (Å²) in [7, 11) is 0. The number of nitrogens with one attached hydrogen (secondary N) is 1. The topological polar surface area (TPSA) is 125 Å². The fourth-order valence-corrected chi connectivity index (χ4v) is 7.31. The largest absolute Gasteiger partial charge is 0.455 e. The smallest absolute Gasteiger partial charge is 0.313 e. The number of carbonyl (C=O) groups is 4. The third-order valence-corrected chi connectivity index (χ3v) is 9.57. The number of fused-ring (bicyclic) bond motifs is 2. The average Bonchev–Trinajstić information content (AvgIpc) is 3.38. The van der Waals surface area contributed by atoms with Gasteiger partial charge in [0.25, 0.3) is 0 Å². The minimum atomic E-state index is -1.44. The molecule has 238 valence electrons. The van der Waals surface area contributed by atoms with Crippen LogP contribution in [0.5, 0.6) is 0 Å². The molecular formula is C34H45N3O7. The number of benzene rings is 1. The first kappa shape index (κ1) is 31.9. The van der Waals surface area contributed by atoms with Crippen molar-refractivity contribution in [2.45, 2.75) is 89.3 Å². The zero-order chi connectivity index (χ0) is 31.6. The summed E-state index contributed by atoms with van der Waals surface area (Å²) in [6.45, 7) is 7.96. The van der Waals surface area contributed by atoms with E-state index in [2.05, 4.69) is 12.2 Å². The third-order valence-electron chi connectivity index (χ3n) is 9.57. The Kier molecular flexibility index (Phi) is 9.60. The van der Waals surface area contributed by atoms with Gasteiger partial charge in [0.15, 0.2) is 0 Å². The number of aliphatic hydroxyl groups is 1. The number of nitrogens with zero attached hydrogens (tertiary/aromatic N) is 2. The molecule has 0 aromatic heterocycles. The van der Waals surface area contributed by atoms with Crippen LogP contribution in [0.1, 0.15) is 65.0 Å². The number of allylic oxidation sites excluding steroid dienone is 1. The first-order valence-electron chi connectivity index (χ1n) is 15.9. The molecular weight excluding hydrogens is 562 g/mol. The van der Waals surface area contributed by atoms with Gasteiger partial charge in [-0.3, -0.25) is 19.2 Å². The van der Waals surface area contributed by atoms with Gasteiger partial charge in [-0.25, -0.2) is 0 Å². The normalized spacial score (nSPS) is 32.9.